The van der Waals surface area contributed by atoms with Gasteiger partial charge in [-0.2, -0.15) is 0 Å². The lowest BCUT2D eigenvalue weighted by molar-refractivity contribution is 0.202. The molecule has 0 spiro atoms. The normalized spacial score (nSPS) is 18.8. The van der Waals surface area contributed by atoms with E-state index in [1.54, 1.807) is 0 Å². The van der Waals surface area contributed by atoms with E-state index in [0.29, 0.717) is 5.41 Å². The Morgan fingerprint density at radius 2 is 1.68 bits per heavy atom. The maximum atomic E-state index is 6.06. The first-order chi connectivity index (χ1) is 9.35. The molecule has 0 heterocycles. The molecule has 1 aliphatic carbocycles. The van der Waals surface area contributed by atoms with Gasteiger partial charge in [0.1, 0.15) is 5.75 Å². The van der Waals surface area contributed by atoms with E-state index in [0.717, 1.165) is 25.3 Å². The molecule has 1 fully saturated rings. The van der Waals surface area contributed by atoms with Crippen LogP contribution in [0.25, 0.3) is 0 Å². The van der Waals surface area contributed by atoms with Gasteiger partial charge in [0, 0.05) is 0 Å². The fourth-order valence-corrected chi connectivity index (χ4v) is 3.19. The molecule has 0 radical (unpaired) electrons. The second-order valence-electron chi connectivity index (χ2n) is 5.88. The maximum absolute atomic E-state index is 6.06. The van der Waals surface area contributed by atoms with Gasteiger partial charge in [0.05, 0.1) is 6.61 Å². The molecular formula is C17H27NO. The highest BCUT2D eigenvalue weighted by Gasteiger charge is 2.28. The largest absolute Gasteiger partial charge is 0.494 e. The fourth-order valence-electron chi connectivity index (χ4n) is 3.19. The van der Waals surface area contributed by atoms with Gasteiger partial charge in [0.15, 0.2) is 0 Å². The van der Waals surface area contributed by atoms with Crippen molar-refractivity contribution in [1.29, 1.82) is 0 Å². The van der Waals surface area contributed by atoms with Crippen molar-refractivity contribution in [2.24, 2.45) is 11.1 Å². The van der Waals surface area contributed by atoms with Gasteiger partial charge in [-0.3, -0.25) is 0 Å². The summed E-state index contributed by atoms with van der Waals surface area (Å²) in [4.78, 5) is 0. The predicted molar refractivity (Wildman–Crippen MR) is 80.4 cm³/mol. The van der Waals surface area contributed by atoms with Crippen LogP contribution in [0, 0.1) is 5.41 Å². The third-order valence-corrected chi connectivity index (χ3v) is 4.46. The molecule has 2 rings (SSSR count). The van der Waals surface area contributed by atoms with Crippen molar-refractivity contribution in [3.05, 3.63) is 30.3 Å². The van der Waals surface area contributed by atoms with Crippen molar-refractivity contribution in [3.8, 4) is 5.75 Å². The second-order valence-corrected chi connectivity index (χ2v) is 5.88. The number of rotatable bonds is 6. The van der Waals surface area contributed by atoms with Crippen LogP contribution in [-0.2, 0) is 0 Å². The molecule has 19 heavy (non-hydrogen) atoms. The summed E-state index contributed by atoms with van der Waals surface area (Å²) in [6, 6.07) is 10.1. The average molecular weight is 261 g/mol. The van der Waals surface area contributed by atoms with Crippen LogP contribution < -0.4 is 10.5 Å². The third-order valence-electron chi connectivity index (χ3n) is 4.46. The van der Waals surface area contributed by atoms with Crippen LogP contribution in [0.15, 0.2) is 30.3 Å². The van der Waals surface area contributed by atoms with Gasteiger partial charge in [-0.1, -0.05) is 43.9 Å². The minimum absolute atomic E-state index is 0.399. The molecular weight excluding hydrogens is 234 g/mol. The summed E-state index contributed by atoms with van der Waals surface area (Å²) < 4.78 is 5.78. The Morgan fingerprint density at radius 1 is 1.00 bits per heavy atom. The molecule has 0 amide bonds. The molecule has 2 nitrogen and oxygen atoms in total. The van der Waals surface area contributed by atoms with Gasteiger partial charge in [0.2, 0.25) is 0 Å². The molecule has 2 N–H and O–H groups in total. The Balaban J connectivity index is 1.73. The van der Waals surface area contributed by atoms with Gasteiger partial charge in [-0.15, -0.1) is 0 Å². The average Bonchev–Trinajstić information content (AvgIpc) is 2.71. The van der Waals surface area contributed by atoms with Crippen molar-refractivity contribution in [3.63, 3.8) is 0 Å². The number of nitrogens with two attached hydrogens (primary N) is 1. The summed E-state index contributed by atoms with van der Waals surface area (Å²) in [6.07, 6.45) is 10.5. The fraction of sp³-hybridized carbons (Fsp3) is 0.647. The Morgan fingerprint density at radius 3 is 2.32 bits per heavy atom. The zero-order valence-corrected chi connectivity index (χ0v) is 11.9. The summed E-state index contributed by atoms with van der Waals surface area (Å²) in [5, 5.41) is 0. The zero-order chi connectivity index (χ0) is 13.4. The molecule has 1 aromatic rings. The van der Waals surface area contributed by atoms with E-state index in [2.05, 4.69) is 0 Å². The smallest absolute Gasteiger partial charge is 0.119 e. The van der Waals surface area contributed by atoms with E-state index in [9.17, 15) is 0 Å². The highest BCUT2D eigenvalue weighted by Crippen LogP contribution is 2.38. The predicted octanol–water partition coefficient (Wildman–Crippen LogP) is 4.14. The summed E-state index contributed by atoms with van der Waals surface area (Å²) in [5.74, 6) is 0.977. The molecule has 0 aliphatic heterocycles. The summed E-state index contributed by atoms with van der Waals surface area (Å²) >= 11 is 0. The van der Waals surface area contributed by atoms with E-state index in [-0.39, 0.29) is 0 Å². The molecule has 2 heteroatoms. The van der Waals surface area contributed by atoms with Crippen LogP contribution >= 0.6 is 0 Å². The van der Waals surface area contributed by atoms with Crippen LogP contribution in [0.1, 0.15) is 51.4 Å². The first kappa shape index (κ1) is 14.4. The van der Waals surface area contributed by atoms with E-state index < -0.39 is 0 Å². The summed E-state index contributed by atoms with van der Waals surface area (Å²) in [5.41, 5.74) is 6.46. The minimum atomic E-state index is 0.399. The minimum Gasteiger partial charge on any atom is -0.494 e. The van der Waals surface area contributed by atoms with Crippen LogP contribution in [0.4, 0.5) is 0 Å². The third kappa shape index (κ3) is 4.54. The highest BCUT2D eigenvalue weighted by molar-refractivity contribution is 5.20. The molecule has 1 saturated carbocycles. The van der Waals surface area contributed by atoms with Crippen molar-refractivity contribution in [2.75, 3.05) is 13.2 Å². The number of hydrogen-bond donors (Lipinski definition) is 1. The second kappa shape index (κ2) is 7.54. The van der Waals surface area contributed by atoms with Crippen molar-refractivity contribution in [1.82, 2.24) is 0 Å². The Labute approximate surface area is 117 Å². The van der Waals surface area contributed by atoms with Crippen molar-refractivity contribution >= 4 is 0 Å². The topological polar surface area (TPSA) is 35.2 Å². The van der Waals surface area contributed by atoms with Crippen molar-refractivity contribution < 1.29 is 4.74 Å². The van der Waals surface area contributed by atoms with Crippen LogP contribution in [-0.4, -0.2) is 13.2 Å². The highest BCUT2D eigenvalue weighted by atomic mass is 16.5. The lowest BCUT2D eigenvalue weighted by Crippen LogP contribution is -2.30. The number of hydrogen-bond acceptors (Lipinski definition) is 2. The van der Waals surface area contributed by atoms with Crippen LogP contribution in [0.5, 0.6) is 5.75 Å². The van der Waals surface area contributed by atoms with Gasteiger partial charge >= 0.3 is 0 Å². The standard InChI is InChI=1S/C17H27NO/c18-15-17(11-6-1-2-7-12-17)13-8-14-19-16-9-4-3-5-10-16/h3-5,9-10H,1-2,6-8,11-15,18H2. The van der Waals surface area contributed by atoms with E-state index in [1.807, 2.05) is 30.3 Å². The van der Waals surface area contributed by atoms with E-state index >= 15 is 0 Å². The lowest BCUT2D eigenvalue weighted by atomic mass is 9.77. The number of benzene rings is 1. The molecule has 0 bridgehead atoms. The number of ether oxygens (including phenoxy) is 1. The summed E-state index contributed by atoms with van der Waals surface area (Å²) in [6.45, 7) is 1.66. The molecule has 0 aromatic heterocycles. The van der Waals surface area contributed by atoms with E-state index in [1.165, 1.54) is 44.9 Å². The van der Waals surface area contributed by atoms with Crippen LogP contribution in [0.2, 0.25) is 0 Å². The van der Waals surface area contributed by atoms with Gasteiger partial charge in [-0.25, -0.2) is 0 Å². The van der Waals surface area contributed by atoms with Gasteiger partial charge < -0.3 is 10.5 Å². The quantitative estimate of drug-likeness (QED) is 0.617. The Bertz CT molecular complexity index is 342. The Hall–Kier alpha value is -1.02. The first-order valence-electron chi connectivity index (χ1n) is 7.73. The SMILES string of the molecule is NCC1(CCCOc2ccccc2)CCCCCC1. The monoisotopic (exact) mass is 261 g/mol. The van der Waals surface area contributed by atoms with E-state index in [4.69, 9.17) is 10.5 Å². The van der Waals surface area contributed by atoms with Crippen molar-refractivity contribution in [2.45, 2.75) is 51.4 Å². The molecule has 1 aliphatic rings. The molecule has 106 valence electrons. The number of para-hydroxylation sites is 1. The Kier molecular flexibility index (Phi) is 5.71. The molecule has 0 saturated heterocycles. The first-order valence-corrected chi connectivity index (χ1v) is 7.73. The molecule has 0 atom stereocenters. The van der Waals surface area contributed by atoms with Gasteiger partial charge in [0.25, 0.3) is 0 Å². The molecule has 0 unspecified atom stereocenters. The summed E-state index contributed by atoms with van der Waals surface area (Å²) in [7, 11) is 0. The molecule has 1 aromatic carbocycles. The maximum Gasteiger partial charge on any atom is 0.119 e. The zero-order valence-electron chi connectivity index (χ0n) is 11.9. The lowest BCUT2D eigenvalue weighted by Gasteiger charge is -2.31. The van der Waals surface area contributed by atoms with Gasteiger partial charge in [-0.05, 0) is 49.8 Å². The van der Waals surface area contributed by atoms with Crippen LogP contribution in [0.3, 0.4) is 0 Å².